The maximum absolute atomic E-state index is 10.9. The molecule has 0 aromatic heterocycles. The molecule has 1 saturated heterocycles. The van der Waals surface area contributed by atoms with E-state index in [1.165, 1.54) is 6.07 Å². The molecule has 6 nitrogen and oxygen atoms in total. The van der Waals surface area contributed by atoms with Gasteiger partial charge >= 0.3 is 0 Å². The molecule has 108 valence electrons. The molecule has 1 fully saturated rings. The van der Waals surface area contributed by atoms with E-state index >= 15 is 0 Å². The molecule has 0 N–H and O–H groups in total. The van der Waals surface area contributed by atoms with E-state index in [-0.39, 0.29) is 11.3 Å². The maximum Gasteiger partial charge on any atom is 0.287 e. The Balaban J connectivity index is 1.76. The SMILES string of the molecule is N#Cc1cc(N2CC[C@H](N3CC=CC3)C2)ccc1[N+](=O)[O-]. The second-order valence-corrected chi connectivity index (χ2v) is 5.38. The van der Waals surface area contributed by atoms with Gasteiger partial charge in [-0.25, -0.2) is 0 Å². The van der Waals surface area contributed by atoms with Crippen molar-refractivity contribution < 1.29 is 4.92 Å². The van der Waals surface area contributed by atoms with E-state index in [1.54, 1.807) is 12.1 Å². The van der Waals surface area contributed by atoms with E-state index in [9.17, 15) is 10.1 Å². The lowest BCUT2D eigenvalue weighted by atomic mass is 10.1. The van der Waals surface area contributed by atoms with Crippen molar-refractivity contribution in [3.05, 3.63) is 46.0 Å². The molecule has 0 amide bonds. The van der Waals surface area contributed by atoms with Crippen molar-refractivity contribution in [3.63, 3.8) is 0 Å². The zero-order valence-electron chi connectivity index (χ0n) is 11.6. The number of nitro benzene ring substituents is 1. The van der Waals surface area contributed by atoms with Gasteiger partial charge in [-0.3, -0.25) is 15.0 Å². The predicted octanol–water partition coefficient (Wildman–Crippen LogP) is 1.92. The fourth-order valence-electron chi connectivity index (χ4n) is 3.04. The van der Waals surface area contributed by atoms with Crippen LogP contribution >= 0.6 is 0 Å². The van der Waals surface area contributed by atoms with Gasteiger partial charge in [-0.15, -0.1) is 0 Å². The third-order valence-corrected chi connectivity index (χ3v) is 4.19. The van der Waals surface area contributed by atoms with Gasteiger partial charge in [0.15, 0.2) is 0 Å². The molecule has 0 bridgehead atoms. The van der Waals surface area contributed by atoms with Crippen LogP contribution in [0.5, 0.6) is 0 Å². The number of anilines is 1. The summed E-state index contributed by atoms with van der Waals surface area (Å²) in [5.41, 5.74) is 0.899. The molecule has 0 radical (unpaired) electrons. The quantitative estimate of drug-likeness (QED) is 0.481. The molecule has 1 atom stereocenters. The summed E-state index contributed by atoms with van der Waals surface area (Å²) in [7, 11) is 0. The minimum Gasteiger partial charge on any atom is -0.370 e. The molecule has 1 aromatic rings. The molecular weight excluding hydrogens is 268 g/mol. The van der Waals surface area contributed by atoms with E-state index in [4.69, 9.17) is 5.26 Å². The number of rotatable bonds is 3. The van der Waals surface area contributed by atoms with Crippen LogP contribution in [0.1, 0.15) is 12.0 Å². The van der Waals surface area contributed by atoms with Crippen molar-refractivity contribution >= 4 is 11.4 Å². The third kappa shape index (κ3) is 2.60. The first-order valence-corrected chi connectivity index (χ1v) is 7.01. The zero-order valence-corrected chi connectivity index (χ0v) is 11.6. The lowest BCUT2D eigenvalue weighted by molar-refractivity contribution is -0.385. The van der Waals surface area contributed by atoms with Crippen LogP contribution < -0.4 is 4.90 Å². The summed E-state index contributed by atoms with van der Waals surface area (Å²) in [5, 5.41) is 19.9. The summed E-state index contributed by atoms with van der Waals surface area (Å²) < 4.78 is 0. The highest BCUT2D eigenvalue weighted by Gasteiger charge is 2.28. The Bertz CT molecular complexity index is 627. The monoisotopic (exact) mass is 284 g/mol. The fraction of sp³-hybridized carbons (Fsp3) is 0.400. The normalized spacial score (nSPS) is 21.7. The first kappa shape index (κ1) is 13.6. The van der Waals surface area contributed by atoms with Crippen molar-refractivity contribution in [3.8, 4) is 6.07 Å². The van der Waals surface area contributed by atoms with Crippen LogP contribution in [0.3, 0.4) is 0 Å². The Morgan fingerprint density at radius 1 is 1.33 bits per heavy atom. The molecule has 0 spiro atoms. The molecule has 2 heterocycles. The predicted molar refractivity (Wildman–Crippen MR) is 79.1 cm³/mol. The van der Waals surface area contributed by atoms with Gasteiger partial charge in [-0.1, -0.05) is 12.2 Å². The van der Waals surface area contributed by atoms with Gasteiger partial charge < -0.3 is 4.90 Å². The number of nitro groups is 1. The molecular formula is C15H16N4O2. The largest absolute Gasteiger partial charge is 0.370 e. The smallest absolute Gasteiger partial charge is 0.287 e. The number of nitriles is 1. The Hall–Kier alpha value is -2.39. The highest BCUT2D eigenvalue weighted by atomic mass is 16.6. The van der Waals surface area contributed by atoms with Crippen LogP contribution in [0.2, 0.25) is 0 Å². The standard InChI is InChI=1S/C15H16N4O2/c16-10-12-9-13(3-4-15(12)19(20)21)18-8-5-14(11-18)17-6-1-2-7-17/h1-4,9,14H,5-8,11H2/t14-/m0/s1. The van der Waals surface area contributed by atoms with Gasteiger partial charge in [-0.05, 0) is 18.6 Å². The summed E-state index contributed by atoms with van der Waals surface area (Å²) in [6.07, 6.45) is 5.45. The van der Waals surface area contributed by atoms with Crippen molar-refractivity contribution in [2.45, 2.75) is 12.5 Å². The number of benzene rings is 1. The van der Waals surface area contributed by atoms with E-state index in [0.29, 0.717) is 6.04 Å². The Morgan fingerprint density at radius 2 is 2.10 bits per heavy atom. The van der Waals surface area contributed by atoms with Crippen molar-refractivity contribution in [1.29, 1.82) is 5.26 Å². The van der Waals surface area contributed by atoms with Gasteiger partial charge in [0.2, 0.25) is 0 Å². The molecule has 3 rings (SSSR count). The van der Waals surface area contributed by atoms with Gasteiger partial charge in [0, 0.05) is 44.0 Å². The lowest BCUT2D eigenvalue weighted by Gasteiger charge is -2.24. The minimum absolute atomic E-state index is 0.124. The van der Waals surface area contributed by atoms with Crippen LogP contribution in [0.25, 0.3) is 0 Å². The lowest BCUT2D eigenvalue weighted by Crippen LogP contribution is -2.35. The fourth-order valence-corrected chi connectivity index (χ4v) is 3.04. The Labute approximate surface area is 123 Å². The van der Waals surface area contributed by atoms with Crippen molar-refractivity contribution in [2.75, 3.05) is 31.1 Å². The summed E-state index contributed by atoms with van der Waals surface area (Å²) >= 11 is 0. The van der Waals surface area contributed by atoms with Crippen LogP contribution in [-0.4, -0.2) is 42.0 Å². The van der Waals surface area contributed by atoms with E-state index in [0.717, 1.165) is 38.3 Å². The van der Waals surface area contributed by atoms with E-state index in [2.05, 4.69) is 22.0 Å². The Kier molecular flexibility index (Phi) is 3.59. The highest BCUT2D eigenvalue weighted by Crippen LogP contribution is 2.28. The second-order valence-electron chi connectivity index (χ2n) is 5.38. The summed E-state index contributed by atoms with van der Waals surface area (Å²) in [4.78, 5) is 15.0. The summed E-state index contributed by atoms with van der Waals surface area (Å²) in [6.45, 7) is 3.83. The second kappa shape index (κ2) is 5.54. The first-order valence-electron chi connectivity index (χ1n) is 7.01. The van der Waals surface area contributed by atoms with Crippen LogP contribution in [0.4, 0.5) is 11.4 Å². The van der Waals surface area contributed by atoms with Gasteiger partial charge in [-0.2, -0.15) is 5.26 Å². The molecule has 2 aliphatic heterocycles. The average Bonchev–Trinajstić information content (AvgIpc) is 3.17. The van der Waals surface area contributed by atoms with Crippen molar-refractivity contribution in [1.82, 2.24) is 4.90 Å². The van der Waals surface area contributed by atoms with Crippen LogP contribution in [0, 0.1) is 21.4 Å². The topological polar surface area (TPSA) is 73.4 Å². The molecule has 2 aliphatic rings. The summed E-state index contributed by atoms with van der Waals surface area (Å²) in [6, 6.07) is 7.23. The number of nitrogens with zero attached hydrogens (tertiary/aromatic N) is 4. The van der Waals surface area contributed by atoms with Gasteiger partial charge in [0.05, 0.1) is 4.92 Å². The van der Waals surface area contributed by atoms with E-state index in [1.807, 2.05) is 6.07 Å². The highest BCUT2D eigenvalue weighted by molar-refractivity contribution is 5.60. The number of hydrogen-bond donors (Lipinski definition) is 0. The van der Waals surface area contributed by atoms with Gasteiger partial charge in [0.1, 0.15) is 11.6 Å². The summed E-state index contributed by atoms with van der Waals surface area (Å²) in [5.74, 6) is 0. The van der Waals surface area contributed by atoms with Crippen LogP contribution in [-0.2, 0) is 0 Å². The average molecular weight is 284 g/mol. The number of hydrogen-bond acceptors (Lipinski definition) is 5. The minimum atomic E-state index is -0.509. The molecule has 0 saturated carbocycles. The molecule has 1 aromatic carbocycles. The van der Waals surface area contributed by atoms with Crippen LogP contribution in [0.15, 0.2) is 30.4 Å². The van der Waals surface area contributed by atoms with Crippen molar-refractivity contribution in [2.24, 2.45) is 0 Å². The zero-order chi connectivity index (χ0) is 14.8. The molecule has 21 heavy (non-hydrogen) atoms. The van der Waals surface area contributed by atoms with Gasteiger partial charge in [0.25, 0.3) is 5.69 Å². The molecule has 0 unspecified atom stereocenters. The third-order valence-electron chi connectivity index (χ3n) is 4.19. The molecule has 6 heteroatoms. The maximum atomic E-state index is 10.9. The first-order chi connectivity index (χ1) is 10.2. The van der Waals surface area contributed by atoms with E-state index < -0.39 is 4.92 Å². The molecule has 0 aliphatic carbocycles. The Morgan fingerprint density at radius 3 is 2.76 bits per heavy atom.